The van der Waals surface area contributed by atoms with Crippen LogP contribution in [0.1, 0.15) is 11.3 Å². The number of carbonyl (C=O) groups is 1. The number of nitrogens with zero attached hydrogens (tertiary/aromatic N) is 1. The molecule has 0 saturated heterocycles. The summed E-state index contributed by atoms with van der Waals surface area (Å²) in [5.41, 5.74) is 4.98. The molecule has 3 heteroatoms. The topological polar surface area (TPSA) is 42.0 Å². The van der Waals surface area contributed by atoms with Crippen LogP contribution in [0.2, 0.25) is 0 Å². The maximum absolute atomic E-state index is 11.3. The summed E-state index contributed by atoms with van der Waals surface area (Å²) in [5, 5.41) is 2.83. The smallest absolute Gasteiger partial charge is 0.228 e. The average Bonchev–Trinajstić information content (AvgIpc) is 2.68. The SMILES string of the molecule is Cc1cccc(-c2ccc3c(c2)CC(=O)N3)n1. The Morgan fingerprint density at radius 2 is 2.12 bits per heavy atom. The summed E-state index contributed by atoms with van der Waals surface area (Å²) >= 11 is 0. The van der Waals surface area contributed by atoms with Crippen molar-refractivity contribution in [2.45, 2.75) is 13.3 Å². The van der Waals surface area contributed by atoms with Crippen LogP contribution < -0.4 is 5.32 Å². The van der Waals surface area contributed by atoms with Crippen LogP contribution >= 0.6 is 0 Å². The van der Waals surface area contributed by atoms with Crippen LogP contribution in [0.5, 0.6) is 0 Å². The number of aryl methyl sites for hydroxylation is 1. The largest absolute Gasteiger partial charge is 0.326 e. The molecule has 2 heterocycles. The van der Waals surface area contributed by atoms with Gasteiger partial charge < -0.3 is 5.32 Å². The minimum absolute atomic E-state index is 0.0642. The molecule has 1 aromatic heterocycles. The van der Waals surface area contributed by atoms with Crippen molar-refractivity contribution in [2.75, 3.05) is 5.32 Å². The van der Waals surface area contributed by atoms with E-state index in [1.54, 1.807) is 0 Å². The molecule has 0 radical (unpaired) electrons. The van der Waals surface area contributed by atoms with E-state index >= 15 is 0 Å². The molecule has 3 rings (SSSR count). The maximum atomic E-state index is 11.3. The van der Waals surface area contributed by atoms with E-state index in [1.807, 2.05) is 43.3 Å². The zero-order chi connectivity index (χ0) is 11.8. The Morgan fingerprint density at radius 3 is 2.94 bits per heavy atom. The van der Waals surface area contributed by atoms with E-state index in [0.717, 1.165) is 28.2 Å². The number of pyridine rings is 1. The second-order valence-corrected chi connectivity index (χ2v) is 4.26. The van der Waals surface area contributed by atoms with Crippen LogP contribution in [0, 0.1) is 6.92 Å². The minimum Gasteiger partial charge on any atom is -0.326 e. The monoisotopic (exact) mass is 224 g/mol. The summed E-state index contributed by atoms with van der Waals surface area (Å²) in [6.07, 6.45) is 0.467. The molecule has 0 saturated carbocycles. The van der Waals surface area contributed by atoms with Crippen LogP contribution in [0.25, 0.3) is 11.3 Å². The van der Waals surface area contributed by atoms with Crippen molar-refractivity contribution in [2.24, 2.45) is 0 Å². The Bertz CT molecular complexity index is 605. The summed E-state index contributed by atoms with van der Waals surface area (Å²) in [5.74, 6) is 0.0642. The van der Waals surface area contributed by atoms with E-state index in [9.17, 15) is 4.79 Å². The Balaban J connectivity index is 2.06. The first-order valence-corrected chi connectivity index (χ1v) is 5.59. The molecule has 17 heavy (non-hydrogen) atoms. The fourth-order valence-corrected chi connectivity index (χ4v) is 2.09. The molecule has 1 amide bonds. The molecule has 1 aliphatic heterocycles. The molecule has 1 aromatic carbocycles. The van der Waals surface area contributed by atoms with Crippen molar-refractivity contribution in [3.05, 3.63) is 47.7 Å². The van der Waals surface area contributed by atoms with Gasteiger partial charge in [0.05, 0.1) is 12.1 Å². The Kier molecular flexibility index (Phi) is 2.18. The van der Waals surface area contributed by atoms with Gasteiger partial charge in [-0.1, -0.05) is 12.1 Å². The number of hydrogen-bond donors (Lipinski definition) is 1. The number of fused-ring (bicyclic) bond motifs is 1. The van der Waals surface area contributed by atoms with Crippen molar-refractivity contribution in [3.8, 4) is 11.3 Å². The predicted molar refractivity (Wildman–Crippen MR) is 66.7 cm³/mol. The highest BCUT2D eigenvalue weighted by atomic mass is 16.1. The molecule has 84 valence electrons. The molecule has 0 atom stereocenters. The Morgan fingerprint density at radius 1 is 1.24 bits per heavy atom. The molecule has 0 spiro atoms. The van der Waals surface area contributed by atoms with Crippen molar-refractivity contribution >= 4 is 11.6 Å². The lowest BCUT2D eigenvalue weighted by atomic mass is 10.1. The fraction of sp³-hybridized carbons (Fsp3) is 0.143. The molecule has 1 N–H and O–H groups in total. The lowest BCUT2D eigenvalue weighted by Crippen LogP contribution is -2.03. The van der Waals surface area contributed by atoms with E-state index < -0.39 is 0 Å². The highest BCUT2D eigenvalue weighted by Gasteiger charge is 2.17. The predicted octanol–water partition coefficient (Wildman–Crippen LogP) is 2.55. The molecule has 0 bridgehead atoms. The molecule has 3 nitrogen and oxygen atoms in total. The van der Waals surface area contributed by atoms with Crippen molar-refractivity contribution < 1.29 is 4.79 Å². The van der Waals surface area contributed by atoms with E-state index in [4.69, 9.17) is 0 Å². The van der Waals surface area contributed by atoms with Gasteiger partial charge in [0, 0.05) is 16.9 Å². The van der Waals surface area contributed by atoms with Gasteiger partial charge in [-0.15, -0.1) is 0 Å². The number of rotatable bonds is 1. The average molecular weight is 224 g/mol. The van der Waals surface area contributed by atoms with Crippen molar-refractivity contribution in [1.82, 2.24) is 4.98 Å². The van der Waals surface area contributed by atoms with E-state index in [0.29, 0.717) is 6.42 Å². The van der Waals surface area contributed by atoms with Crippen molar-refractivity contribution in [1.29, 1.82) is 0 Å². The molecular weight excluding hydrogens is 212 g/mol. The molecule has 0 unspecified atom stereocenters. The third kappa shape index (κ3) is 1.80. The van der Waals surface area contributed by atoms with Gasteiger partial charge in [0.2, 0.25) is 5.91 Å². The zero-order valence-electron chi connectivity index (χ0n) is 9.53. The third-order valence-electron chi connectivity index (χ3n) is 2.91. The molecule has 1 aliphatic rings. The minimum atomic E-state index is 0.0642. The van der Waals surface area contributed by atoms with E-state index in [2.05, 4.69) is 10.3 Å². The second kappa shape index (κ2) is 3.70. The number of anilines is 1. The first kappa shape index (κ1) is 10.0. The van der Waals surface area contributed by atoms with Gasteiger partial charge in [-0.3, -0.25) is 9.78 Å². The Hall–Kier alpha value is -2.16. The summed E-state index contributed by atoms with van der Waals surface area (Å²) in [7, 11) is 0. The van der Waals surface area contributed by atoms with Crippen LogP contribution in [0.3, 0.4) is 0 Å². The van der Waals surface area contributed by atoms with Gasteiger partial charge in [0.15, 0.2) is 0 Å². The third-order valence-corrected chi connectivity index (χ3v) is 2.91. The van der Waals surface area contributed by atoms with Gasteiger partial charge in [-0.25, -0.2) is 0 Å². The first-order valence-electron chi connectivity index (χ1n) is 5.59. The number of benzene rings is 1. The van der Waals surface area contributed by atoms with Crippen LogP contribution in [0.15, 0.2) is 36.4 Å². The van der Waals surface area contributed by atoms with Gasteiger partial charge in [-0.05, 0) is 36.8 Å². The van der Waals surface area contributed by atoms with Gasteiger partial charge in [0.1, 0.15) is 0 Å². The number of nitrogens with one attached hydrogen (secondary N) is 1. The van der Waals surface area contributed by atoms with Crippen LogP contribution in [-0.4, -0.2) is 10.9 Å². The van der Waals surface area contributed by atoms with Crippen LogP contribution in [0.4, 0.5) is 5.69 Å². The second-order valence-electron chi connectivity index (χ2n) is 4.26. The Labute approximate surface area is 99.5 Å². The number of hydrogen-bond acceptors (Lipinski definition) is 2. The van der Waals surface area contributed by atoms with Gasteiger partial charge >= 0.3 is 0 Å². The highest BCUT2D eigenvalue weighted by molar-refractivity contribution is 5.99. The summed E-state index contributed by atoms with van der Waals surface area (Å²) in [6, 6.07) is 11.9. The van der Waals surface area contributed by atoms with Gasteiger partial charge in [-0.2, -0.15) is 0 Å². The number of carbonyl (C=O) groups excluding carboxylic acids is 1. The van der Waals surface area contributed by atoms with Crippen molar-refractivity contribution in [3.63, 3.8) is 0 Å². The maximum Gasteiger partial charge on any atom is 0.228 e. The quantitative estimate of drug-likeness (QED) is 0.808. The number of aromatic nitrogens is 1. The molecule has 0 aliphatic carbocycles. The first-order chi connectivity index (χ1) is 8.22. The standard InChI is InChI=1S/C14H12N2O/c1-9-3-2-4-12(15-9)10-5-6-13-11(7-10)8-14(17)16-13/h2-7H,8H2,1H3,(H,16,17). The summed E-state index contributed by atoms with van der Waals surface area (Å²) < 4.78 is 0. The van der Waals surface area contributed by atoms with E-state index in [1.165, 1.54) is 0 Å². The highest BCUT2D eigenvalue weighted by Crippen LogP contribution is 2.28. The van der Waals surface area contributed by atoms with Crippen LogP contribution in [-0.2, 0) is 11.2 Å². The normalized spacial score (nSPS) is 13.4. The number of amides is 1. The lowest BCUT2D eigenvalue weighted by molar-refractivity contribution is -0.115. The molecule has 0 fully saturated rings. The lowest BCUT2D eigenvalue weighted by Gasteiger charge is -2.04. The molecular formula is C14H12N2O. The zero-order valence-corrected chi connectivity index (χ0v) is 9.53. The molecule has 2 aromatic rings. The summed E-state index contributed by atoms with van der Waals surface area (Å²) in [6.45, 7) is 1.97. The fourth-order valence-electron chi connectivity index (χ4n) is 2.09. The summed E-state index contributed by atoms with van der Waals surface area (Å²) in [4.78, 5) is 15.8. The van der Waals surface area contributed by atoms with Gasteiger partial charge in [0.25, 0.3) is 0 Å². The van der Waals surface area contributed by atoms with E-state index in [-0.39, 0.29) is 5.91 Å².